The van der Waals surface area contributed by atoms with Crippen LogP contribution in [-0.4, -0.2) is 20.9 Å². The molecule has 94 valence electrons. The molecule has 0 N–H and O–H groups in total. The van der Waals surface area contributed by atoms with Crippen LogP contribution < -0.4 is 0 Å². The highest BCUT2D eigenvalue weighted by molar-refractivity contribution is 6.32. The van der Waals surface area contributed by atoms with Crippen molar-refractivity contribution in [2.24, 2.45) is 0 Å². The number of pyridine rings is 1. The van der Waals surface area contributed by atoms with Crippen LogP contribution in [0.4, 0.5) is 0 Å². The van der Waals surface area contributed by atoms with Crippen molar-refractivity contribution in [1.82, 2.24) is 15.1 Å². The molecule has 2 aromatic rings. The lowest BCUT2D eigenvalue weighted by Gasteiger charge is -1.95. The van der Waals surface area contributed by atoms with Crippen LogP contribution in [0.1, 0.15) is 25.7 Å². The van der Waals surface area contributed by atoms with E-state index in [0.717, 1.165) is 6.42 Å². The molecule has 0 atom stereocenters. The minimum absolute atomic E-state index is 0.0832. The van der Waals surface area contributed by atoms with Gasteiger partial charge in [-0.15, -0.1) is 0 Å². The quantitative estimate of drug-likeness (QED) is 0.831. The fourth-order valence-corrected chi connectivity index (χ4v) is 1.72. The Morgan fingerprint density at radius 3 is 3.06 bits per heavy atom. The number of carbonyl (C=O) groups excluding carboxylic acids is 1. The molecule has 18 heavy (non-hydrogen) atoms. The number of hydrogen-bond donors (Lipinski definition) is 0. The van der Waals surface area contributed by atoms with Gasteiger partial charge in [-0.3, -0.25) is 9.78 Å². The van der Waals surface area contributed by atoms with Gasteiger partial charge in [-0.05, 0) is 18.6 Å². The molecule has 0 bridgehead atoms. The lowest BCUT2D eigenvalue weighted by molar-refractivity contribution is -0.118. The summed E-state index contributed by atoms with van der Waals surface area (Å²) < 4.78 is 5.01. The van der Waals surface area contributed by atoms with Gasteiger partial charge in [0.15, 0.2) is 0 Å². The summed E-state index contributed by atoms with van der Waals surface area (Å²) in [6, 6.07) is 3.42. The summed E-state index contributed by atoms with van der Waals surface area (Å²) >= 11 is 5.97. The maximum atomic E-state index is 11.5. The highest BCUT2D eigenvalue weighted by Crippen LogP contribution is 2.22. The van der Waals surface area contributed by atoms with Crippen LogP contribution in [0.3, 0.4) is 0 Å². The largest absolute Gasteiger partial charge is 0.338 e. The fourth-order valence-electron chi connectivity index (χ4n) is 1.51. The SMILES string of the molecule is CCCC(=O)Cc1nc(-c2ncccc2Cl)no1. The Bertz CT molecular complexity index is 554. The van der Waals surface area contributed by atoms with Crippen LogP contribution in [0.15, 0.2) is 22.9 Å². The third-order valence-electron chi connectivity index (χ3n) is 2.32. The number of rotatable bonds is 5. The first-order valence-electron chi connectivity index (χ1n) is 5.66. The predicted molar refractivity (Wildman–Crippen MR) is 66.2 cm³/mol. The van der Waals surface area contributed by atoms with E-state index in [1.54, 1.807) is 18.3 Å². The summed E-state index contributed by atoms with van der Waals surface area (Å²) in [5.41, 5.74) is 0.456. The van der Waals surface area contributed by atoms with Gasteiger partial charge in [0.1, 0.15) is 11.5 Å². The van der Waals surface area contributed by atoms with E-state index >= 15 is 0 Å². The van der Waals surface area contributed by atoms with E-state index in [-0.39, 0.29) is 12.2 Å². The number of carbonyl (C=O) groups is 1. The Balaban J connectivity index is 2.16. The van der Waals surface area contributed by atoms with Gasteiger partial charge in [-0.2, -0.15) is 4.98 Å². The molecule has 0 amide bonds. The van der Waals surface area contributed by atoms with Gasteiger partial charge in [0.25, 0.3) is 0 Å². The van der Waals surface area contributed by atoms with Crippen molar-refractivity contribution in [1.29, 1.82) is 0 Å². The summed E-state index contributed by atoms with van der Waals surface area (Å²) in [5, 5.41) is 4.22. The van der Waals surface area contributed by atoms with Crippen LogP contribution in [0.25, 0.3) is 11.5 Å². The van der Waals surface area contributed by atoms with Crippen molar-refractivity contribution in [2.45, 2.75) is 26.2 Å². The molecule has 0 aliphatic carbocycles. The third kappa shape index (κ3) is 2.92. The monoisotopic (exact) mass is 265 g/mol. The fraction of sp³-hybridized carbons (Fsp3) is 0.333. The normalized spacial score (nSPS) is 10.6. The zero-order chi connectivity index (χ0) is 13.0. The number of halogens is 1. The lowest BCUT2D eigenvalue weighted by atomic mass is 10.2. The second-order valence-corrected chi connectivity index (χ2v) is 4.22. The molecule has 0 radical (unpaired) electrons. The van der Waals surface area contributed by atoms with E-state index in [1.165, 1.54) is 0 Å². The van der Waals surface area contributed by atoms with Crippen LogP contribution >= 0.6 is 11.6 Å². The predicted octanol–water partition coefficient (Wildman–Crippen LogP) is 2.70. The van der Waals surface area contributed by atoms with E-state index < -0.39 is 0 Å². The van der Waals surface area contributed by atoms with E-state index in [4.69, 9.17) is 16.1 Å². The summed E-state index contributed by atoms with van der Waals surface area (Å²) in [6.07, 6.45) is 3.08. The first-order chi connectivity index (χ1) is 8.70. The maximum absolute atomic E-state index is 11.5. The van der Waals surface area contributed by atoms with Crippen molar-refractivity contribution in [3.8, 4) is 11.5 Å². The Kier molecular flexibility index (Phi) is 4.04. The Morgan fingerprint density at radius 2 is 2.33 bits per heavy atom. The Morgan fingerprint density at radius 1 is 1.50 bits per heavy atom. The highest BCUT2D eigenvalue weighted by Gasteiger charge is 2.14. The van der Waals surface area contributed by atoms with E-state index in [9.17, 15) is 4.79 Å². The number of aromatic nitrogens is 3. The molecule has 2 rings (SSSR count). The van der Waals surface area contributed by atoms with Gasteiger partial charge >= 0.3 is 0 Å². The molecule has 6 heteroatoms. The molecule has 5 nitrogen and oxygen atoms in total. The van der Waals surface area contributed by atoms with E-state index in [0.29, 0.717) is 28.9 Å². The zero-order valence-electron chi connectivity index (χ0n) is 9.89. The minimum atomic E-state index is 0.0832. The average molecular weight is 266 g/mol. The molecule has 0 spiro atoms. The van der Waals surface area contributed by atoms with Gasteiger partial charge in [0.2, 0.25) is 11.7 Å². The Labute approximate surface area is 109 Å². The van der Waals surface area contributed by atoms with Gasteiger partial charge in [-0.25, -0.2) is 0 Å². The second kappa shape index (κ2) is 5.73. The zero-order valence-corrected chi connectivity index (χ0v) is 10.6. The molecule has 2 aromatic heterocycles. The molecule has 0 unspecified atom stereocenters. The first-order valence-corrected chi connectivity index (χ1v) is 6.03. The van der Waals surface area contributed by atoms with E-state index in [1.807, 2.05) is 6.92 Å². The molecular formula is C12H12ClN3O2. The average Bonchev–Trinajstić information content (AvgIpc) is 2.78. The van der Waals surface area contributed by atoms with Crippen molar-refractivity contribution < 1.29 is 9.32 Å². The number of hydrogen-bond acceptors (Lipinski definition) is 5. The third-order valence-corrected chi connectivity index (χ3v) is 2.62. The summed E-state index contributed by atoms with van der Waals surface area (Å²) in [4.78, 5) is 19.6. The van der Waals surface area contributed by atoms with Crippen LogP contribution in [0.5, 0.6) is 0 Å². The highest BCUT2D eigenvalue weighted by atomic mass is 35.5. The molecule has 0 aliphatic rings. The van der Waals surface area contributed by atoms with Crippen molar-refractivity contribution in [2.75, 3.05) is 0 Å². The number of nitrogens with zero attached hydrogens (tertiary/aromatic N) is 3. The van der Waals surface area contributed by atoms with E-state index in [2.05, 4.69) is 15.1 Å². The molecule has 0 saturated carbocycles. The molecule has 2 heterocycles. The van der Waals surface area contributed by atoms with Crippen molar-refractivity contribution >= 4 is 17.4 Å². The molecule has 0 saturated heterocycles. The topological polar surface area (TPSA) is 68.9 Å². The standard InChI is InChI=1S/C12H12ClN3O2/c1-2-4-8(17)7-10-15-12(16-18-10)11-9(13)5-3-6-14-11/h3,5-6H,2,4,7H2,1H3. The second-order valence-electron chi connectivity index (χ2n) is 3.81. The summed E-state index contributed by atoms with van der Waals surface area (Å²) in [7, 11) is 0. The molecular weight excluding hydrogens is 254 g/mol. The van der Waals surface area contributed by atoms with Crippen LogP contribution in [0.2, 0.25) is 5.02 Å². The lowest BCUT2D eigenvalue weighted by Crippen LogP contribution is -2.01. The molecule has 0 fully saturated rings. The first kappa shape index (κ1) is 12.7. The van der Waals surface area contributed by atoms with Crippen molar-refractivity contribution in [3.63, 3.8) is 0 Å². The number of ketones is 1. The number of Topliss-reactive ketones (excluding diaryl/α,β-unsaturated/α-hetero) is 1. The summed E-state index contributed by atoms with van der Waals surface area (Å²) in [6.45, 7) is 1.95. The summed E-state index contributed by atoms with van der Waals surface area (Å²) in [5.74, 6) is 0.685. The van der Waals surface area contributed by atoms with Gasteiger partial charge < -0.3 is 4.52 Å². The molecule has 0 aromatic carbocycles. The van der Waals surface area contributed by atoms with Crippen LogP contribution in [-0.2, 0) is 11.2 Å². The minimum Gasteiger partial charge on any atom is -0.338 e. The Hall–Kier alpha value is -1.75. The van der Waals surface area contributed by atoms with Crippen molar-refractivity contribution in [3.05, 3.63) is 29.2 Å². The maximum Gasteiger partial charge on any atom is 0.234 e. The van der Waals surface area contributed by atoms with Crippen LogP contribution in [0, 0.1) is 0 Å². The van der Waals surface area contributed by atoms with Gasteiger partial charge in [-0.1, -0.05) is 23.7 Å². The van der Waals surface area contributed by atoms with Gasteiger partial charge in [0, 0.05) is 12.6 Å². The molecule has 0 aliphatic heterocycles. The smallest absolute Gasteiger partial charge is 0.234 e. The van der Waals surface area contributed by atoms with Gasteiger partial charge in [0.05, 0.1) is 11.4 Å².